The van der Waals surface area contributed by atoms with Crippen LogP contribution < -0.4 is 9.47 Å². The van der Waals surface area contributed by atoms with Crippen molar-refractivity contribution in [3.05, 3.63) is 59.9 Å². The molecule has 0 radical (unpaired) electrons. The topological polar surface area (TPSA) is 76.2 Å². The van der Waals surface area contributed by atoms with Crippen molar-refractivity contribution < 1.29 is 27.1 Å². The second-order valence-electron chi connectivity index (χ2n) is 7.28. The average Bonchev–Trinajstić information content (AvgIpc) is 2.81. The van der Waals surface area contributed by atoms with Crippen molar-refractivity contribution in [3.8, 4) is 11.5 Å². The summed E-state index contributed by atoms with van der Waals surface area (Å²) in [6, 6.07) is 10.4. The normalized spacial score (nSPS) is 15.2. The van der Waals surface area contributed by atoms with E-state index in [1.807, 2.05) is 13.0 Å². The maximum absolute atomic E-state index is 13.4. The van der Waals surface area contributed by atoms with Gasteiger partial charge in [-0.25, -0.2) is 12.8 Å². The number of methoxy groups -OCH3 is 1. The number of piperazine rings is 1. The largest absolute Gasteiger partial charge is 0.493 e. The smallest absolute Gasteiger partial charge is 0.246 e. The van der Waals surface area contributed by atoms with Crippen LogP contribution in [0.2, 0.25) is 0 Å². The standard InChI is InChI=1S/C23H27FN2O5S/c1-3-15-31-21-9-7-18(16-22(21)30-2)8-10-23(27)25-11-13-26(14-12-25)32(28,29)20-6-4-5-19(24)17-20/h4-10,16-17H,3,11-15H2,1-2H3/b10-8+. The van der Waals surface area contributed by atoms with Gasteiger partial charge in [-0.3, -0.25) is 4.79 Å². The van der Waals surface area contributed by atoms with Crippen molar-refractivity contribution in [2.45, 2.75) is 18.2 Å². The average molecular weight is 463 g/mol. The molecule has 1 amide bonds. The summed E-state index contributed by atoms with van der Waals surface area (Å²) in [5.41, 5.74) is 0.784. The number of ether oxygens (including phenoxy) is 2. The minimum Gasteiger partial charge on any atom is -0.493 e. The lowest BCUT2D eigenvalue weighted by Crippen LogP contribution is -2.50. The number of carbonyl (C=O) groups excluding carboxylic acids is 1. The fourth-order valence-corrected chi connectivity index (χ4v) is 4.77. The monoisotopic (exact) mass is 462 g/mol. The molecule has 0 aromatic heterocycles. The number of amides is 1. The maximum atomic E-state index is 13.4. The first-order chi connectivity index (χ1) is 15.3. The predicted octanol–water partition coefficient (Wildman–Crippen LogP) is 3.17. The summed E-state index contributed by atoms with van der Waals surface area (Å²) in [5.74, 6) is 0.419. The van der Waals surface area contributed by atoms with Gasteiger partial charge >= 0.3 is 0 Å². The molecule has 9 heteroatoms. The van der Waals surface area contributed by atoms with E-state index in [4.69, 9.17) is 9.47 Å². The van der Waals surface area contributed by atoms with Gasteiger partial charge in [0.15, 0.2) is 11.5 Å². The molecule has 3 rings (SSSR count). The van der Waals surface area contributed by atoms with Gasteiger partial charge in [-0.2, -0.15) is 4.31 Å². The summed E-state index contributed by atoms with van der Waals surface area (Å²) in [6.07, 6.45) is 4.03. The molecule has 0 spiro atoms. The van der Waals surface area contributed by atoms with Gasteiger partial charge in [0.1, 0.15) is 5.82 Å². The number of sulfonamides is 1. The highest BCUT2D eigenvalue weighted by atomic mass is 32.2. The third-order valence-corrected chi connectivity index (χ3v) is 6.95. The van der Waals surface area contributed by atoms with Gasteiger partial charge < -0.3 is 14.4 Å². The zero-order valence-electron chi connectivity index (χ0n) is 18.2. The molecular weight excluding hydrogens is 435 g/mol. The van der Waals surface area contributed by atoms with Crippen LogP contribution in [-0.4, -0.2) is 63.4 Å². The third-order valence-electron chi connectivity index (χ3n) is 5.05. The summed E-state index contributed by atoms with van der Waals surface area (Å²) in [6.45, 7) is 3.41. The van der Waals surface area contributed by atoms with Crippen LogP contribution in [0.25, 0.3) is 6.08 Å². The highest BCUT2D eigenvalue weighted by molar-refractivity contribution is 7.89. The van der Waals surface area contributed by atoms with E-state index in [1.54, 1.807) is 30.2 Å². The lowest BCUT2D eigenvalue weighted by Gasteiger charge is -2.33. The number of benzene rings is 2. The molecular formula is C23H27FN2O5S. The maximum Gasteiger partial charge on any atom is 0.246 e. The van der Waals surface area contributed by atoms with Crippen LogP contribution in [0, 0.1) is 5.82 Å². The fourth-order valence-electron chi connectivity index (χ4n) is 3.32. The lowest BCUT2D eigenvalue weighted by molar-refractivity contribution is -0.127. The Morgan fingerprint density at radius 3 is 2.50 bits per heavy atom. The third kappa shape index (κ3) is 5.66. The van der Waals surface area contributed by atoms with Crippen molar-refractivity contribution in [2.75, 3.05) is 39.9 Å². The van der Waals surface area contributed by atoms with Gasteiger partial charge in [0, 0.05) is 32.3 Å². The molecule has 1 heterocycles. The first-order valence-corrected chi connectivity index (χ1v) is 11.8. The van der Waals surface area contributed by atoms with E-state index >= 15 is 0 Å². The Bertz CT molecular complexity index is 1080. The molecule has 0 saturated carbocycles. The van der Waals surface area contributed by atoms with Crippen LogP contribution in [0.1, 0.15) is 18.9 Å². The van der Waals surface area contributed by atoms with Gasteiger partial charge in [-0.1, -0.05) is 19.1 Å². The summed E-state index contributed by atoms with van der Waals surface area (Å²) >= 11 is 0. The zero-order chi connectivity index (χ0) is 23.1. The summed E-state index contributed by atoms with van der Waals surface area (Å²) < 4.78 is 51.1. The molecule has 1 fully saturated rings. The molecule has 0 bridgehead atoms. The molecule has 32 heavy (non-hydrogen) atoms. The van der Waals surface area contributed by atoms with Gasteiger partial charge in [-0.05, 0) is 48.4 Å². The molecule has 0 aliphatic carbocycles. The van der Waals surface area contributed by atoms with Crippen molar-refractivity contribution >= 4 is 22.0 Å². The van der Waals surface area contributed by atoms with Crippen LogP contribution in [-0.2, 0) is 14.8 Å². The Labute approximate surface area is 188 Å². The quantitative estimate of drug-likeness (QED) is 0.564. The van der Waals surface area contributed by atoms with E-state index in [0.29, 0.717) is 18.1 Å². The van der Waals surface area contributed by atoms with Crippen molar-refractivity contribution in [1.82, 2.24) is 9.21 Å². The minimum absolute atomic E-state index is 0.0857. The molecule has 7 nitrogen and oxygen atoms in total. The van der Waals surface area contributed by atoms with Crippen LogP contribution in [0.4, 0.5) is 4.39 Å². The lowest BCUT2D eigenvalue weighted by atomic mass is 10.2. The number of carbonyl (C=O) groups is 1. The van der Waals surface area contributed by atoms with Gasteiger partial charge in [-0.15, -0.1) is 0 Å². The zero-order valence-corrected chi connectivity index (χ0v) is 19.0. The molecule has 0 N–H and O–H groups in total. The molecule has 0 unspecified atom stereocenters. The molecule has 1 aliphatic rings. The summed E-state index contributed by atoms with van der Waals surface area (Å²) in [5, 5.41) is 0. The Balaban J connectivity index is 1.60. The Hall–Kier alpha value is -2.91. The van der Waals surface area contributed by atoms with Crippen molar-refractivity contribution in [3.63, 3.8) is 0 Å². The van der Waals surface area contributed by atoms with Crippen molar-refractivity contribution in [1.29, 1.82) is 0 Å². The van der Waals surface area contributed by atoms with E-state index in [-0.39, 0.29) is 37.0 Å². The second kappa shape index (κ2) is 10.6. The van der Waals surface area contributed by atoms with E-state index in [9.17, 15) is 17.6 Å². The van der Waals surface area contributed by atoms with E-state index in [0.717, 1.165) is 18.1 Å². The molecule has 1 aliphatic heterocycles. The number of nitrogens with zero attached hydrogens (tertiary/aromatic N) is 2. The number of halogens is 1. The molecule has 172 valence electrons. The van der Waals surface area contributed by atoms with E-state index in [1.165, 1.54) is 28.6 Å². The minimum atomic E-state index is -3.80. The van der Waals surface area contributed by atoms with Crippen molar-refractivity contribution in [2.24, 2.45) is 0 Å². The van der Waals surface area contributed by atoms with Gasteiger partial charge in [0.25, 0.3) is 0 Å². The predicted molar refractivity (Wildman–Crippen MR) is 120 cm³/mol. The van der Waals surface area contributed by atoms with Gasteiger partial charge in [0.2, 0.25) is 15.9 Å². The summed E-state index contributed by atoms with van der Waals surface area (Å²) in [7, 11) is -2.24. The van der Waals surface area contributed by atoms with Gasteiger partial charge in [0.05, 0.1) is 18.6 Å². The number of rotatable bonds is 8. The Morgan fingerprint density at radius 2 is 1.84 bits per heavy atom. The number of hydrogen-bond donors (Lipinski definition) is 0. The number of hydrogen-bond acceptors (Lipinski definition) is 5. The van der Waals surface area contributed by atoms with E-state index in [2.05, 4.69) is 0 Å². The molecule has 0 atom stereocenters. The highest BCUT2D eigenvalue weighted by Gasteiger charge is 2.29. The highest BCUT2D eigenvalue weighted by Crippen LogP contribution is 2.28. The first kappa shape index (κ1) is 23.7. The van der Waals surface area contributed by atoms with Crippen LogP contribution >= 0.6 is 0 Å². The van der Waals surface area contributed by atoms with Crippen LogP contribution in [0.15, 0.2) is 53.4 Å². The second-order valence-corrected chi connectivity index (χ2v) is 9.22. The van der Waals surface area contributed by atoms with Crippen LogP contribution in [0.3, 0.4) is 0 Å². The van der Waals surface area contributed by atoms with Crippen LogP contribution in [0.5, 0.6) is 11.5 Å². The molecule has 2 aromatic rings. The summed E-state index contributed by atoms with van der Waals surface area (Å²) in [4.78, 5) is 14.1. The fraction of sp³-hybridized carbons (Fsp3) is 0.348. The Morgan fingerprint density at radius 1 is 1.09 bits per heavy atom. The SMILES string of the molecule is CCCOc1ccc(/C=C/C(=O)N2CCN(S(=O)(=O)c3cccc(F)c3)CC2)cc1OC. The molecule has 1 saturated heterocycles. The van der Waals surface area contributed by atoms with E-state index < -0.39 is 15.8 Å². The first-order valence-electron chi connectivity index (χ1n) is 10.4. The Kier molecular flexibility index (Phi) is 7.87. The molecule has 2 aromatic carbocycles.